The monoisotopic (exact) mass is 645 g/mol. The summed E-state index contributed by atoms with van der Waals surface area (Å²) in [6.07, 6.45) is 4.47. The Morgan fingerprint density at radius 2 is 1.65 bits per heavy atom. The molecular formula is C34H36FN5O5S. The summed E-state index contributed by atoms with van der Waals surface area (Å²) in [6, 6.07) is 23.8. The van der Waals surface area contributed by atoms with Gasteiger partial charge < -0.3 is 15.4 Å². The maximum atomic E-state index is 14.2. The number of ether oxygens (including phenoxy) is 1. The highest BCUT2D eigenvalue weighted by atomic mass is 32.2. The number of hydrogen-bond donors (Lipinski definition) is 2. The van der Waals surface area contributed by atoms with Crippen LogP contribution in [0.1, 0.15) is 30.9 Å². The molecule has 2 N–H and O–H groups in total. The molecule has 0 spiro atoms. The van der Waals surface area contributed by atoms with Crippen LogP contribution in [0.5, 0.6) is 11.6 Å². The fraction of sp³-hybridized carbons (Fsp3) is 0.265. The first-order valence-electron chi connectivity index (χ1n) is 14.9. The maximum absolute atomic E-state index is 14.2. The van der Waals surface area contributed by atoms with Gasteiger partial charge in [0.25, 0.3) is 0 Å². The fourth-order valence-electron chi connectivity index (χ4n) is 5.39. The summed E-state index contributed by atoms with van der Waals surface area (Å²) in [5, 5.41) is 5.32. The SMILES string of the molecule is CC(=O)Nc1cc(NC(=O)N(c2ccccc2)C2CCN(Cc3ccc(Oc4ccc(CS(C)(=O)=O)cc4)nc3)CC2)ccc1F. The third kappa shape index (κ3) is 9.11. The summed E-state index contributed by atoms with van der Waals surface area (Å²) in [6.45, 7) is 3.52. The van der Waals surface area contributed by atoms with Crippen molar-refractivity contribution < 1.29 is 27.1 Å². The number of pyridine rings is 1. The zero-order valence-corrected chi connectivity index (χ0v) is 26.5. The van der Waals surface area contributed by atoms with Gasteiger partial charge in [0.1, 0.15) is 11.6 Å². The van der Waals surface area contributed by atoms with Crippen LogP contribution < -0.4 is 20.3 Å². The fourth-order valence-corrected chi connectivity index (χ4v) is 6.19. The van der Waals surface area contributed by atoms with Crippen LogP contribution in [0.2, 0.25) is 0 Å². The van der Waals surface area contributed by atoms with Crippen molar-refractivity contribution in [3.8, 4) is 11.6 Å². The van der Waals surface area contributed by atoms with Gasteiger partial charge in [-0.15, -0.1) is 0 Å². The molecule has 0 bridgehead atoms. The summed E-state index contributed by atoms with van der Waals surface area (Å²) in [7, 11) is -3.11. The second kappa shape index (κ2) is 14.5. The Morgan fingerprint density at radius 3 is 2.28 bits per heavy atom. The molecule has 5 rings (SSSR count). The molecule has 3 aromatic carbocycles. The van der Waals surface area contributed by atoms with Gasteiger partial charge in [-0.1, -0.05) is 36.4 Å². The van der Waals surface area contributed by atoms with Crippen LogP contribution in [0.15, 0.2) is 91.1 Å². The molecule has 240 valence electrons. The lowest BCUT2D eigenvalue weighted by Crippen LogP contribution is -2.49. The topological polar surface area (TPSA) is 121 Å². The van der Waals surface area contributed by atoms with Crippen molar-refractivity contribution in [3.05, 3.63) is 108 Å². The van der Waals surface area contributed by atoms with E-state index in [1.807, 2.05) is 36.4 Å². The highest BCUT2D eigenvalue weighted by Gasteiger charge is 2.29. The van der Waals surface area contributed by atoms with Gasteiger partial charge in [-0.3, -0.25) is 14.6 Å². The standard InChI is InChI=1S/C34H36FN5O5S/c1-24(41)37-32-20-27(11-14-31(32)35)38-34(42)40(28-6-4-3-5-7-28)29-16-18-39(19-17-29)22-26-10-15-33(36-21-26)45-30-12-8-25(9-13-30)23-46(2,43)44/h3-15,20-21,29H,16-19,22-23H2,1-2H3,(H,37,41)(H,38,42). The van der Waals surface area contributed by atoms with E-state index in [4.69, 9.17) is 4.74 Å². The summed E-state index contributed by atoms with van der Waals surface area (Å²) in [5.41, 5.74) is 2.85. The number of nitrogens with zero attached hydrogens (tertiary/aromatic N) is 3. The van der Waals surface area contributed by atoms with E-state index in [0.717, 1.165) is 37.2 Å². The molecule has 1 aliphatic rings. The number of piperidine rings is 1. The molecule has 0 aliphatic carbocycles. The first kappa shape index (κ1) is 32.6. The Hall–Kier alpha value is -4.81. The molecule has 46 heavy (non-hydrogen) atoms. The lowest BCUT2D eigenvalue weighted by molar-refractivity contribution is -0.114. The molecule has 12 heteroatoms. The predicted molar refractivity (Wildman–Crippen MR) is 176 cm³/mol. The van der Waals surface area contributed by atoms with E-state index in [2.05, 4.69) is 20.5 Å². The molecule has 1 fully saturated rings. The van der Waals surface area contributed by atoms with Crippen molar-refractivity contribution in [3.63, 3.8) is 0 Å². The Kier molecular flexibility index (Phi) is 10.3. The minimum Gasteiger partial charge on any atom is -0.439 e. The number of nitrogens with one attached hydrogen (secondary N) is 2. The molecule has 0 atom stereocenters. The van der Waals surface area contributed by atoms with Crippen LogP contribution in [0.4, 0.5) is 26.2 Å². The van der Waals surface area contributed by atoms with Gasteiger partial charge >= 0.3 is 6.03 Å². The Bertz CT molecular complexity index is 1760. The predicted octanol–water partition coefficient (Wildman–Crippen LogP) is 6.22. The van der Waals surface area contributed by atoms with Crippen molar-refractivity contribution in [1.82, 2.24) is 9.88 Å². The van der Waals surface area contributed by atoms with Crippen molar-refractivity contribution in [2.45, 2.75) is 38.1 Å². The lowest BCUT2D eigenvalue weighted by Gasteiger charge is -2.38. The lowest BCUT2D eigenvalue weighted by atomic mass is 10.0. The number of benzene rings is 3. The zero-order chi connectivity index (χ0) is 32.7. The number of carbonyl (C=O) groups is 2. The average Bonchev–Trinajstić information content (AvgIpc) is 3.01. The number of aromatic nitrogens is 1. The van der Waals surface area contributed by atoms with Crippen LogP contribution in [-0.2, 0) is 26.9 Å². The van der Waals surface area contributed by atoms with E-state index in [1.54, 1.807) is 41.4 Å². The van der Waals surface area contributed by atoms with Crippen LogP contribution in [0.3, 0.4) is 0 Å². The number of halogens is 1. The van der Waals surface area contributed by atoms with Gasteiger partial charge in [0, 0.05) is 62.5 Å². The van der Waals surface area contributed by atoms with Crippen LogP contribution in [-0.4, -0.2) is 55.6 Å². The smallest absolute Gasteiger partial charge is 0.326 e. The zero-order valence-electron chi connectivity index (χ0n) is 25.6. The Morgan fingerprint density at radius 1 is 0.957 bits per heavy atom. The number of rotatable bonds is 10. The van der Waals surface area contributed by atoms with Crippen LogP contribution >= 0.6 is 0 Å². The second-order valence-electron chi connectivity index (χ2n) is 11.3. The van der Waals surface area contributed by atoms with E-state index < -0.39 is 21.6 Å². The number of hydrogen-bond acceptors (Lipinski definition) is 7. The number of para-hydroxylation sites is 1. The van der Waals surface area contributed by atoms with Crippen molar-refractivity contribution >= 4 is 38.8 Å². The van der Waals surface area contributed by atoms with Crippen LogP contribution in [0.25, 0.3) is 0 Å². The summed E-state index contributed by atoms with van der Waals surface area (Å²) >= 11 is 0. The van der Waals surface area contributed by atoms with Crippen molar-refractivity contribution in [2.24, 2.45) is 0 Å². The summed E-state index contributed by atoms with van der Waals surface area (Å²) in [5.74, 6) is -0.00780. The number of carbonyl (C=O) groups excluding carboxylic acids is 2. The van der Waals surface area contributed by atoms with E-state index >= 15 is 0 Å². The molecule has 10 nitrogen and oxygen atoms in total. The highest BCUT2D eigenvalue weighted by molar-refractivity contribution is 7.89. The molecule has 4 aromatic rings. The molecule has 0 unspecified atom stereocenters. The van der Waals surface area contributed by atoms with Gasteiger partial charge in [0.2, 0.25) is 11.8 Å². The van der Waals surface area contributed by atoms with Gasteiger partial charge in [0.15, 0.2) is 9.84 Å². The van der Waals surface area contributed by atoms with E-state index in [9.17, 15) is 22.4 Å². The van der Waals surface area contributed by atoms with Gasteiger partial charge in [0.05, 0.1) is 11.4 Å². The molecule has 0 radical (unpaired) electrons. The van der Waals surface area contributed by atoms with Gasteiger partial charge in [-0.25, -0.2) is 22.6 Å². The molecule has 2 heterocycles. The normalized spacial score (nSPS) is 14.0. The number of anilines is 3. The molecule has 0 saturated carbocycles. The average molecular weight is 646 g/mol. The van der Waals surface area contributed by atoms with Crippen molar-refractivity contribution in [2.75, 3.05) is 34.9 Å². The Balaban J connectivity index is 1.18. The minimum absolute atomic E-state index is 0.000422. The summed E-state index contributed by atoms with van der Waals surface area (Å²) in [4.78, 5) is 33.6. The highest BCUT2D eigenvalue weighted by Crippen LogP contribution is 2.27. The molecule has 1 aliphatic heterocycles. The summed E-state index contributed by atoms with van der Waals surface area (Å²) < 4.78 is 43.0. The van der Waals surface area contributed by atoms with Crippen LogP contribution in [0, 0.1) is 5.82 Å². The molecule has 1 saturated heterocycles. The minimum atomic E-state index is -3.11. The van der Waals surface area contributed by atoms with Gasteiger partial charge in [-0.2, -0.15) is 0 Å². The first-order valence-corrected chi connectivity index (χ1v) is 16.9. The number of amides is 3. The van der Waals surface area contributed by atoms with Crippen molar-refractivity contribution in [1.29, 1.82) is 0 Å². The third-order valence-electron chi connectivity index (χ3n) is 7.48. The molecular weight excluding hydrogens is 609 g/mol. The van der Waals surface area contributed by atoms with E-state index in [1.165, 1.54) is 31.4 Å². The number of likely N-dealkylation sites (tertiary alicyclic amines) is 1. The second-order valence-corrected chi connectivity index (χ2v) is 13.5. The molecule has 3 amide bonds. The Labute approximate surface area is 268 Å². The maximum Gasteiger partial charge on any atom is 0.326 e. The quantitative estimate of drug-likeness (QED) is 0.210. The first-order chi connectivity index (χ1) is 22.0. The number of urea groups is 1. The third-order valence-corrected chi connectivity index (χ3v) is 8.34. The largest absolute Gasteiger partial charge is 0.439 e. The van der Waals surface area contributed by atoms with E-state index in [-0.39, 0.29) is 23.5 Å². The van der Waals surface area contributed by atoms with Gasteiger partial charge in [-0.05, 0) is 66.4 Å². The molecule has 1 aromatic heterocycles. The van der Waals surface area contributed by atoms with E-state index in [0.29, 0.717) is 29.4 Å². The number of sulfone groups is 1.